The summed E-state index contributed by atoms with van der Waals surface area (Å²) in [5.41, 5.74) is 1.65. The number of sulfone groups is 1. The van der Waals surface area contributed by atoms with Gasteiger partial charge in [0.05, 0.1) is 11.3 Å². The van der Waals surface area contributed by atoms with E-state index < -0.39 is 15.7 Å². The maximum Gasteiger partial charge on any atom is 0.322 e. The van der Waals surface area contributed by atoms with Crippen molar-refractivity contribution in [3.63, 3.8) is 0 Å². The number of hydrogen-bond donors (Lipinski definition) is 1. The van der Waals surface area contributed by atoms with E-state index in [0.717, 1.165) is 11.8 Å². The van der Waals surface area contributed by atoms with Gasteiger partial charge in [0, 0.05) is 17.4 Å². The van der Waals surface area contributed by atoms with Gasteiger partial charge in [-0.2, -0.15) is 0 Å². The lowest BCUT2D eigenvalue weighted by atomic mass is 10.1. The van der Waals surface area contributed by atoms with Gasteiger partial charge in [0.25, 0.3) is 5.91 Å². The van der Waals surface area contributed by atoms with Gasteiger partial charge < -0.3 is 4.42 Å². The average molecular weight is 399 g/mol. The Morgan fingerprint density at radius 2 is 1.57 bits per heavy atom. The number of amides is 1. The summed E-state index contributed by atoms with van der Waals surface area (Å²) in [7, 11) is -3.25. The predicted octanol–water partition coefficient (Wildman–Crippen LogP) is 2.52. The lowest BCUT2D eigenvalue weighted by Gasteiger charge is -2.02. The first-order valence-electron chi connectivity index (χ1n) is 8.26. The lowest BCUT2D eigenvalue weighted by Crippen LogP contribution is -2.12. The molecule has 8 nitrogen and oxygen atoms in total. The molecule has 3 rings (SSSR count). The van der Waals surface area contributed by atoms with Crippen LogP contribution in [0.4, 0.5) is 6.01 Å². The van der Waals surface area contributed by atoms with E-state index in [9.17, 15) is 18.0 Å². The van der Waals surface area contributed by atoms with E-state index in [-0.39, 0.29) is 22.6 Å². The third-order valence-electron chi connectivity index (χ3n) is 3.95. The van der Waals surface area contributed by atoms with Crippen LogP contribution in [0, 0.1) is 0 Å². The first kappa shape index (κ1) is 19.4. The molecule has 0 radical (unpaired) electrons. The van der Waals surface area contributed by atoms with Gasteiger partial charge in [-0.05, 0) is 36.8 Å². The molecule has 0 saturated carbocycles. The summed E-state index contributed by atoms with van der Waals surface area (Å²) in [5.74, 6) is -0.254. The molecule has 1 amide bonds. The van der Waals surface area contributed by atoms with Crippen molar-refractivity contribution in [1.82, 2.24) is 10.2 Å². The van der Waals surface area contributed by atoms with Crippen molar-refractivity contribution in [3.05, 3.63) is 71.1 Å². The first-order chi connectivity index (χ1) is 13.2. The summed E-state index contributed by atoms with van der Waals surface area (Å²) in [6, 6.07) is 12.5. The zero-order valence-corrected chi connectivity index (χ0v) is 16.0. The fourth-order valence-corrected chi connectivity index (χ4v) is 3.06. The molecule has 0 atom stereocenters. The molecule has 3 aromatic rings. The monoisotopic (exact) mass is 399 g/mol. The second-order valence-corrected chi connectivity index (χ2v) is 8.20. The molecule has 0 fully saturated rings. The van der Waals surface area contributed by atoms with E-state index in [4.69, 9.17) is 4.42 Å². The molecular formula is C19H17N3O5S. The average Bonchev–Trinajstić information content (AvgIpc) is 3.08. The molecule has 144 valence electrons. The second kappa shape index (κ2) is 7.73. The van der Waals surface area contributed by atoms with E-state index in [2.05, 4.69) is 15.5 Å². The molecule has 0 unspecified atom stereocenters. The summed E-state index contributed by atoms with van der Waals surface area (Å²) >= 11 is 0. The number of nitrogens with zero attached hydrogens (tertiary/aromatic N) is 2. The molecule has 1 heterocycles. The number of ketones is 1. The maximum absolute atomic E-state index is 12.2. The van der Waals surface area contributed by atoms with Crippen LogP contribution < -0.4 is 5.32 Å². The van der Waals surface area contributed by atoms with Crippen molar-refractivity contribution in [3.8, 4) is 0 Å². The van der Waals surface area contributed by atoms with Crippen LogP contribution >= 0.6 is 0 Å². The number of Topliss-reactive ketones (excluding diaryl/α,β-unsaturated/α-hetero) is 1. The SMILES string of the molecule is CC(=O)c1ccc(C(=O)Nc2nnc(Cc3ccc(S(C)(=O)=O)cc3)o2)cc1. The zero-order chi connectivity index (χ0) is 20.3. The fourth-order valence-electron chi connectivity index (χ4n) is 2.43. The van der Waals surface area contributed by atoms with E-state index in [1.807, 2.05) is 0 Å². The Hall–Kier alpha value is -3.33. The van der Waals surface area contributed by atoms with E-state index in [1.165, 1.54) is 31.2 Å². The molecular weight excluding hydrogens is 382 g/mol. The highest BCUT2D eigenvalue weighted by molar-refractivity contribution is 7.90. The van der Waals surface area contributed by atoms with Gasteiger partial charge in [-0.3, -0.25) is 14.9 Å². The van der Waals surface area contributed by atoms with Crippen molar-refractivity contribution in [2.75, 3.05) is 11.6 Å². The normalized spacial score (nSPS) is 11.2. The van der Waals surface area contributed by atoms with Crippen LogP contribution in [-0.4, -0.2) is 36.6 Å². The fraction of sp³-hybridized carbons (Fsp3) is 0.158. The number of nitrogens with one attached hydrogen (secondary N) is 1. The first-order valence-corrected chi connectivity index (χ1v) is 10.2. The van der Waals surface area contributed by atoms with Crippen molar-refractivity contribution in [1.29, 1.82) is 0 Å². The Morgan fingerprint density at radius 1 is 0.964 bits per heavy atom. The molecule has 1 N–H and O–H groups in total. The highest BCUT2D eigenvalue weighted by Gasteiger charge is 2.13. The summed E-state index contributed by atoms with van der Waals surface area (Å²) < 4.78 is 28.4. The third kappa shape index (κ3) is 4.68. The molecule has 0 aliphatic heterocycles. The third-order valence-corrected chi connectivity index (χ3v) is 5.08. The Bertz CT molecular complexity index is 1120. The van der Waals surface area contributed by atoms with Crippen molar-refractivity contribution in [2.45, 2.75) is 18.2 Å². The number of anilines is 1. The molecule has 0 bridgehead atoms. The highest BCUT2D eigenvalue weighted by Crippen LogP contribution is 2.15. The summed E-state index contributed by atoms with van der Waals surface area (Å²) in [6.07, 6.45) is 1.43. The molecule has 0 aliphatic rings. The highest BCUT2D eigenvalue weighted by atomic mass is 32.2. The predicted molar refractivity (Wildman–Crippen MR) is 101 cm³/mol. The molecule has 0 spiro atoms. The largest absolute Gasteiger partial charge is 0.407 e. The molecule has 9 heteroatoms. The van der Waals surface area contributed by atoms with E-state index >= 15 is 0 Å². The minimum atomic E-state index is -3.25. The van der Waals surface area contributed by atoms with Gasteiger partial charge in [-0.25, -0.2) is 8.42 Å². The maximum atomic E-state index is 12.2. The van der Waals surface area contributed by atoms with Crippen LogP contribution in [0.15, 0.2) is 57.8 Å². The smallest absolute Gasteiger partial charge is 0.322 e. The van der Waals surface area contributed by atoms with Gasteiger partial charge in [-0.1, -0.05) is 29.4 Å². The van der Waals surface area contributed by atoms with Gasteiger partial charge in [0.1, 0.15) is 0 Å². The minimum absolute atomic E-state index is 0.0524. The van der Waals surface area contributed by atoms with Gasteiger partial charge >= 0.3 is 6.01 Å². The Morgan fingerprint density at radius 3 is 2.14 bits per heavy atom. The number of rotatable bonds is 6. The van der Waals surface area contributed by atoms with Gasteiger partial charge in [0.2, 0.25) is 5.89 Å². The summed E-state index contributed by atoms with van der Waals surface area (Å²) in [6.45, 7) is 1.45. The lowest BCUT2D eigenvalue weighted by molar-refractivity contribution is 0.100. The molecule has 1 aromatic heterocycles. The van der Waals surface area contributed by atoms with Crippen LogP contribution in [0.5, 0.6) is 0 Å². The van der Waals surface area contributed by atoms with Crippen LogP contribution in [-0.2, 0) is 16.3 Å². The van der Waals surface area contributed by atoms with Crippen molar-refractivity contribution >= 4 is 27.5 Å². The van der Waals surface area contributed by atoms with Gasteiger partial charge in [-0.15, -0.1) is 5.10 Å². The number of benzene rings is 2. The number of aromatic nitrogens is 2. The number of carbonyl (C=O) groups excluding carboxylic acids is 2. The van der Waals surface area contributed by atoms with Crippen molar-refractivity contribution < 1.29 is 22.4 Å². The van der Waals surface area contributed by atoms with E-state index in [0.29, 0.717) is 17.5 Å². The second-order valence-electron chi connectivity index (χ2n) is 6.18. The van der Waals surface area contributed by atoms with Crippen LogP contribution in [0.1, 0.15) is 39.1 Å². The Labute approximate surface area is 161 Å². The van der Waals surface area contributed by atoms with Crippen LogP contribution in [0.25, 0.3) is 0 Å². The Kier molecular flexibility index (Phi) is 5.36. The topological polar surface area (TPSA) is 119 Å². The molecule has 28 heavy (non-hydrogen) atoms. The van der Waals surface area contributed by atoms with E-state index in [1.54, 1.807) is 24.3 Å². The molecule has 2 aromatic carbocycles. The van der Waals surface area contributed by atoms with Crippen LogP contribution in [0.2, 0.25) is 0 Å². The summed E-state index contributed by atoms with van der Waals surface area (Å²) in [4.78, 5) is 23.7. The summed E-state index contributed by atoms with van der Waals surface area (Å²) in [5, 5.41) is 10.2. The molecule has 0 saturated heterocycles. The van der Waals surface area contributed by atoms with Gasteiger partial charge in [0.15, 0.2) is 15.6 Å². The quantitative estimate of drug-likeness (QED) is 0.633. The molecule has 0 aliphatic carbocycles. The number of hydrogen-bond acceptors (Lipinski definition) is 7. The van der Waals surface area contributed by atoms with Crippen molar-refractivity contribution in [2.24, 2.45) is 0 Å². The Balaban J connectivity index is 1.65. The standard InChI is InChI=1S/C19H17N3O5S/c1-12(23)14-5-7-15(8-6-14)18(24)20-19-22-21-17(27-19)11-13-3-9-16(10-4-13)28(2,25)26/h3-10H,11H2,1-2H3,(H,20,22,24). The zero-order valence-electron chi connectivity index (χ0n) is 15.2. The minimum Gasteiger partial charge on any atom is -0.407 e. The van der Waals surface area contributed by atoms with Crippen LogP contribution in [0.3, 0.4) is 0 Å². The number of carbonyl (C=O) groups is 2.